The number of H-pyrrole nitrogens is 1. The summed E-state index contributed by atoms with van der Waals surface area (Å²) in [4.78, 5) is 26.6. The number of anilines is 3. The molecule has 1 aromatic carbocycles. The molecule has 0 fully saturated rings. The van der Waals surface area contributed by atoms with Crippen molar-refractivity contribution in [1.82, 2.24) is 25.1 Å². The SMILES string of the molecule is Cc1cc(-c2ncn[nH]2)ccc1N1C(=O)CNc2nccnc21. The zero-order chi connectivity index (χ0) is 15.8. The number of nitrogens with one attached hydrogen (secondary N) is 2. The lowest BCUT2D eigenvalue weighted by Gasteiger charge is -2.29. The molecule has 0 saturated carbocycles. The highest BCUT2D eigenvalue weighted by Crippen LogP contribution is 2.34. The van der Waals surface area contributed by atoms with Gasteiger partial charge in [-0.3, -0.25) is 14.8 Å². The molecule has 0 unspecified atom stereocenters. The van der Waals surface area contributed by atoms with Crippen LogP contribution >= 0.6 is 0 Å². The lowest BCUT2D eigenvalue weighted by Crippen LogP contribution is -2.37. The quantitative estimate of drug-likeness (QED) is 0.747. The number of carbonyl (C=O) groups excluding carboxylic acids is 1. The number of fused-ring (bicyclic) bond motifs is 1. The summed E-state index contributed by atoms with van der Waals surface area (Å²) < 4.78 is 0. The molecule has 0 aliphatic carbocycles. The predicted molar refractivity (Wildman–Crippen MR) is 84.2 cm³/mol. The molecule has 8 nitrogen and oxygen atoms in total. The monoisotopic (exact) mass is 307 g/mol. The van der Waals surface area contributed by atoms with Crippen molar-refractivity contribution >= 4 is 23.2 Å². The summed E-state index contributed by atoms with van der Waals surface area (Å²) in [5, 5.41) is 9.66. The number of carbonyl (C=O) groups is 1. The van der Waals surface area contributed by atoms with E-state index in [1.165, 1.54) is 6.33 Å². The van der Waals surface area contributed by atoms with Crippen LogP contribution in [0.4, 0.5) is 17.3 Å². The van der Waals surface area contributed by atoms with Crippen LogP contribution in [0.25, 0.3) is 11.4 Å². The fourth-order valence-electron chi connectivity index (χ4n) is 2.62. The Hall–Kier alpha value is -3.29. The Morgan fingerprint density at radius 2 is 2.04 bits per heavy atom. The van der Waals surface area contributed by atoms with E-state index in [0.29, 0.717) is 17.5 Å². The van der Waals surface area contributed by atoms with Gasteiger partial charge in [0.25, 0.3) is 5.91 Å². The van der Waals surface area contributed by atoms with Crippen molar-refractivity contribution in [1.29, 1.82) is 0 Å². The van der Waals surface area contributed by atoms with Crippen LogP contribution in [0.3, 0.4) is 0 Å². The first-order valence-electron chi connectivity index (χ1n) is 7.08. The maximum Gasteiger partial charge on any atom is 0.252 e. The third kappa shape index (κ3) is 2.20. The van der Waals surface area contributed by atoms with Gasteiger partial charge in [0.2, 0.25) is 0 Å². The number of hydrogen-bond acceptors (Lipinski definition) is 6. The third-order valence-electron chi connectivity index (χ3n) is 3.67. The largest absolute Gasteiger partial charge is 0.358 e. The zero-order valence-corrected chi connectivity index (χ0v) is 12.3. The molecule has 0 bridgehead atoms. The minimum absolute atomic E-state index is 0.0754. The number of aromatic nitrogens is 5. The summed E-state index contributed by atoms with van der Waals surface area (Å²) in [6.07, 6.45) is 4.63. The molecule has 114 valence electrons. The Bertz CT molecular complexity index is 875. The van der Waals surface area contributed by atoms with E-state index in [1.54, 1.807) is 17.3 Å². The van der Waals surface area contributed by atoms with E-state index in [9.17, 15) is 4.79 Å². The van der Waals surface area contributed by atoms with Crippen LogP contribution in [0.2, 0.25) is 0 Å². The number of amides is 1. The molecule has 3 heterocycles. The molecule has 3 aromatic rings. The normalized spacial score (nSPS) is 13.6. The molecule has 0 radical (unpaired) electrons. The van der Waals surface area contributed by atoms with Crippen molar-refractivity contribution in [2.75, 3.05) is 16.8 Å². The molecule has 23 heavy (non-hydrogen) atoms. The summed E-state index contributed by atoms with van der Waals surface area (Å²) in [5.41, 5.74) is 2.62. The van der Waals surface area contributed by atoms with Crippen LogP contribution in [0.5, 0.6) is 0 Å². The minimum atomic E-state index is -0.0754. The number of hydrogen-bond donors (Lipinski definition) is 2. The van der Waals surface area contributed by atoms with Crippen molar-refractivity contribution in [3.8, 4) is 11.4 Å². The molecular formula is C15H13N7O. The molecular weight excluding hydrogens is 294 g/mol. The van der Waals surface area contributed by atoms with Gasteiger partial charge in [-0.05, 0) is 30.7 Å². The van der Waals surface area contributed by atoms with Gasteiger partial charge in [0.15, 0.2) is 17.5 Å². The van der Waals surface area contributed by atoms with Gasteiger partial charge in [0.05, 0.1) is 12.2 Å². The van der Waals surface area contributed by atoms with Crippen molar-refractivity contribution < 1.29 is 4.79 Å². The van der Waals surface area contributed by atoms with Crippen LogP contribution in [0, 0.1) is 6.92 Å². The van der Waals surface area contributed by atoms with E-state index in [4.69, 9.17) is 0 Å². The second-order valence-corrected chi connectivity index (χ2v) is 5.15. The maximum atomic E-state index is 12.4. The van der Waals surface area contributed by atoms with Gasteiger partial charge < -0.3 is 5.32 Å². The summed E-state index contributed by atoms with van der Waals surface area (Å²) in [5.74, 6) is 1.73. The van der Waals surface area contributed by atoms with Crippen LogP contribution in [-0.4, -0.2) is 37.6 Å². The van der Waals surface area contributed by atoms with E-state index in [1.807, 2.05) is 25.1 Å². The molecule has 2 N–H and O–H groups in total. The number of aromatic amines is 1. The van der Waals surface area contributed by atoms with E-state index in [0.717, 1.165) is 16.8 Å². The van der Waals surface area contributed by atoms with Crippen molar-refractivity contribution in [3.05, 3.63) is 42.5 Å². The van der Waals surface area contributed by atoms with Crippen molar-refractivity contribution in [2.45, 2.75) is 6.92 Å². The first kappa shape index (κ1) is 13.4. The first-order chi connectivity index (χ1) is 11.2. The number of nitrogens with zero attached hydrogens (tertiary/aromatic N) is 5. The Morgan fingerprint density at radius 1 is 1.17 bits per heavy atom. The molecule has 1 aliphatic heterocycles. The Labute approximate surface area is 131 Å². The highest BCUT2D eigenvalue weighted by Gasteiger charge is 2.28. The van der Waals surface area contributed by atoms with Crippen molar-refractivity contribution in [3.63, 3.8) is 0 Å². The van der Waals surface area contributed by atoms with Gasteiger partial charge >= 0.3 is 0 Å². The highest BCUT2D eigenvalue weighted by atomic mass is 16.2. The summed E-state index contributed by atoms with van der Waals surface area (Å²) in [6, 6.07) is 5.74. The fourth-order valence-corrected chi connectivity index (χ4v) is 2.62. The number of benzene rings is 1. The highest BCUT2D eigenvalue weighted by molar-refractivity contribution is 6.07. The van der Waals surface area contributed by atoms with E-state index >= 15 is 0 Å². The lowest BCUT2D eigenvalue weighted by molar-refractivity contribution is -0.116. The van der Waals surface area contributed by atoms with Gasteiger partial charge in [0.1, 0.15) is 6.33 Å². The zero-order valence-electron chi connectivity index (χ0n) is 12.3. The average molecular weight is 307 g/mol. The van der Waals surface area contributed by atoms with Crippen LogP contribution < -0.4 is 10.2 Å². The van der Waals surface area contributed by atoms with Crippen LogP contribution in [0.15, 0.2) is 36.9 Å². The molecule has 1 amide bonds. The molecule has 8 heteroatoms. The summed E-state index contributed by atoms with van der Waals surface area (Å²) in [7, 11) is 0. The molecule has 4 rings (SSSR count). The number of rotatable bonds is 2. The molecule has 1 aliphatic rings. The van der Waals surface area contributed by atoms with Gasteiger partial charge in [-0.2, -0.15) is 5.10 Å². The molecule has 0 atom stereocenters. The van der Waals surface area contributed by atoms with Crippen LogP contribution in [-0.2, 0) is 4.79 Å². The van der Waals surface area contributed by atoms with Gasteiger partial charge in [0, 0.05) is 18.0 Å². The summed E-state index contributed by atoms with van der Waals surface area (Å²) in [6.45, 7) is 2.13. The second-order valence-electron chi connectivity index (χ2n) is 5.15. The Balaban J connectivity index is 1.80. The fraction of sp³-hybridized carbons (Fsp3) is 0.133. The maximum absolute atomic E-state index is 12.4. The van der Waals surface area contributed by atoms with Gasteiger partial charge in [-0.15, -0.1) is 0 Å². The Kier molecular flexibility index (Phi) is 3.00. The van der Waals surface area contributed by atoms with E-state index in [-0.39, 0.29) is 12.5 Å². The molecule has 0 spiro atoms. The van der Waals surface area contributed by atoms with E-state index < -0.39 is 0 Å². The average Bonchev–Trinajstić information content (AvgIpc) is 3.10. The van der Waals surface area contributed by atoms with Crippen molar-refractivity contribution in [2.24, 2.45) is 0 Å². The predicted octanol–water partition coefficient (Wildman–Crippen LogP) is 1.66. The van der Waals surface area contributed by atoms with Crippen LogP contribution in [0.1, 0.15) is 5.56 Å². The van der Waals surface area contributed by atoms with E-state index in [2.05, 4.69) is 30.5 Å². The van der Waals surface area contributed by atoms with Gasteiger partial charge in [-0.25, -0.2) is 15.0 Å². The number of aryl methyl sites for hydroxylation is 1. The standard InChI is InChI=1S/C15H13N7O/c1-9-6-10(13-19-8-20-21-13)2-3-11(9)22-12(23)7-18-14-15(22)17-5-4-16-14/h2-6,8H,7H2,1H3,(H,16,18)(H,19,20,21). The Morgan fingerprint density at radius 3 is 2.83 bits per heavy atom. The minimum Gasteiger partial charge on any atom is -0.358 e. The lowest BCUT2D eigenvalue weighted by atomic mass is 10.1. The topological polar surface area (TPSA) is 99.7 Å². The van der Waals surface area contributed by atoms with Gasteiger partial charge in [-0.1, -0.05) is 0 Å². The summed E-state index contributed by atoms with van der Waals surface area (Å²) >= 11 is 0. The third-order valence-corrected chi connectivity index (χ3v) is 3.67. The second kappa shape index (κ2) is 5.16. The first-order valence-corrected chi connectivity index (χ1v) is 7.08. The molecule has 0 saturated heterocycles. The molecule has 2 aromatic heterocycles. The smallest absolute Gasteiger partial charge is 0.252 e.